The highest BCUT2D eigenvalue weighted by atomic mass is 35.5. The molecule has 0 fully saturated rings. The zero-order valence-corrected chi connectivity index (χ0v) is 19.7. The average Bonchev–Trinajstić information content (AvgIpc) is 3.12. The molecule has 0 saturated carbocycles. The molecule has 32 heavy (non-hydrogen) atoms. The molecule has 0 aliphatic heterocycles. The number of carbonyl (C=O) groups excluding carboxylic acids is 2. The Morgan fingerprint density at radius 2 is 1.66 bits per heavy atom. The third kappa shape index (κ3) is 6.74. The van der Waals surface area contributed by atoms with E-state index in [0.29, 0.717) is 44.0 Å². The van der Waals surface area contributed by atoms with Gasteiger partial charge in [-0.3, -0.25) is 9.59 Å². The van der Waals surface area contributed by atoms with Gasteiger partial charge in [-0.2, -0.15) is 0 Å². The molecule has 11 heteroatoms. The molecule has 0 bridgehead atoms. The number of aromatic nitrogens is 3. The topological polar surface area (TPSA) is 88.9 Å². The molecule has 0 spiro atoms. The Labute approximate surface area is 204 Å². The summed E-state index contributed by atoms with van der Waals surface area (Å²) in [5, 5.41) is 15.6. The molecular weight excluding hydrogens is 493 g/mol. The molecule has 1 aromatic heterocycles. The smallest absolute Gasteiger partial charge is 0.234 e. The van der Waals surface area contributed by atoms with Gasteiger partial charge in [0.1, 0.15) is 5.82 Å². The molecule has 0 aliphatic carbocycles. The minimum absolute atomic E-state index is 0.0134. The van der Waals surface area contributed by atoms with Crippen LogP contribution >= 0.6 is 46.6 Å². The number of allylic oxidation sites excluding steroid dienone is 1. The van der Waals surface area contributed by atoms with Gasteiger partial charge in [0.2, 0.25) is 11.8 Å². The molecule has 0 atom stereocenters. The lowest BCUT2D eigenvalue weighted by Crippen LogP contribution is -2.18. The number of carbonyl (C=O) groups is 2. The monoisotopic (exact) mass is 509 g/mol. The largest absolute Gasteiger partial charge is 0.326 e. The number of amides is 2. The average molecular weight is 511 g/mol. The Balaban J connectivity index is 1.61. The molecular formula is C21H18Cl3N5O2S. The number of nitrogens with one attached hydrogen (secondary N) is 2. The quantitative estimate of drug-likeness (QED) is 0.300. The molecule has 2 amide bonds. The van der Waals surface area contributed by atoms with Crippen LogP contribution in [0.25, 0.3) is 0 Å². The van der Waals surface area contributed by atoms with Crippen molar-refractivity contribution in [2.24, 2.45) is 0 Å². The van der Waals surface area contributed by atoms with E-state index in [1.165, 1.54) is 11.8 Å². The van der Waals surface area contributed by atoms with Crippen molar-refractivity contribution in [1.29, 1.82) is 0 Å². The van der Waals surface area contributed by atoms with Gasteiger partial charge in [0.15, 0.2) is 5.16 Å². The number of benzene rings is 2. The zero-order chi connectivity index (χ0) is 23.1. The predicted molar refractivity (Wildman–Crippen MR) is 130 cm³/mol. The van der Waals surface area contributed by atoms with Gasteiger partial charge in [0.25, 0.3) is 0 Å². The van der Waals surface area contributed by atoms with E-state index in [-0.39, 0.29) is 24.0 Å². The second-order valence-corrected chi connectivity index (χ2v) is 8.69. The zero-order valence-electron chi connectivity index (χ0n) is 16.6. The normalized spacial score (nSPS) is 10.6. The summed E-state index contributed by atoms with van der Waals surface area (Å²) in [6.45, 7) is 4.13. The van der Waals surface area contributed by atoms with Gasteiger partial charge in [0, 0.05) is 22.9 Å². The summed E-state index contributed by atoms with van der Waals surface area (Å²) in [6.07, 6.45) is 1.68. The first-order valence-corrected chi connectivity index (χ1v) is 11.4. The Morgan fingerprint density at radius 1 is 0.969 bits per heavy atom. The van der Waals surface area contributed by atoms with Crippen molar-refractivity contribution >= 4 is 69.8 Å². The number of nitrogens with zero attached hydrogens (tertiary/aromatic N) is 3. The van der Waals surface area contributed by atoms with Crippen LogP contribution in [0.1, 0.15) is 5.82 Å². The maximum atomic E-state index is 12.4. The summed E-state index contributed by atoms with van der Waals surface area (Å²) in [7, 11) is 0. The lowest BCUT2D eigenvalue weighted by atomic mass is 10.3. The Hall–Kier alpha value is -2.52. The summed E-state index contributed by atoms with van der Waals surface area (Å²) >= 11 is 18.9. The van der Waals surface area contributed by atoms with E-state index in [1.807, 2.05) is 0 Å². The van der Waals surface area contributed by atoms with Crippen LogP contribution in [0.3, 0.4) is 0 Å². The number of halogens is 3. The first kappa shape index (κ1) is 24.1. The van der Waals surface area contributed by atoms with Crippen molar-refractivity contribution in [2.45, 2.75) is 18.1 Å². The molecule has 3 aromatic rings. The van der Waals surface area contributed by atoms with Crippen molar-refractivity contribution in [3.8, 4) is 0 Å². The second-order valence-electron chi connectivity index (χ2n) is 6.50. The van der Waals surface area contributed by atoms with Crippen LogP contribution in [0.15, 0.2) is 60.3 Å². The second kappa shape index (κ2) is 11.4. The van der Waals surface area contributed by atoms with Crippen LogP contribution in [0.4, 0.5) is 11.4 Å². The van der Waals surface area contributed by atoms with E-state index in [0.717, 1.165) is 0 Å². The number of hydrogen-bond acceptors (Lipinski definition) is 5. The lowest BCUT2D eigenvalue weighted by molar-refractivity contribution is -0.116. The van der Waals surface area contributed by atoms with Gasteiger partial charge < -0.3 is 15.2 Å². The third-order valence-electron chi connectivity index (χ3n) is 4.09. The Morgan fingerprint density at radius 3 is 2.34 bits per heavy atom. The molecule has 0 saturated heterocycles. The molecule has 1 heterocycles. The van der Waals surface area contributed by atoms with Gasteiger partial charge in [-0.15, -0.1) is 16.8 Å². The summed E-state index contributed by atoms with van der Waals surface area (Å²) in [6, 6.07) is 11.6. The fourth-order valence-corrected chi connectivity index (χ4v) is 3.84. The molecule has 166 valence electrons. The number of anilines is 2. The van der Waals surface area contributed by atoms with Gasteiger partial charge in [-0.25, -0.2) is 0 Å². The Bertz CT molecular complexity index is 1130. The number of hydrogen-bond donors (Lipinski definition) is 2. The maximum absolute atomic E-state index is 12.4. The van der Waals surface area contributed by atoms with Crippen molar-refractivity contribution in [2.75, 3.05) is 16.4 Å². The van der Waals surface area contributed by atoms with Crippen molar-refractivity contribution in [1.82, 2.24) is 14.8 Å². The van der Waals surface area contributed by atoms with Crippen LogP contribution in [-0.4, -0.2) is 32.3 Å². The highest BCUT2D eigenvalue weighted by Gasteiger charge is 2.16. The lowest BCUT2D eigenvalue weighted by Gasteiger charge is -2.09. The number of rotatable bonds is 9. The van der Waals surface area contributed by atoms with Crippen molar-refractivity contribution in [3.63, 3.8) is 0 Å². The van der Waals surface area contributed by atoms with E-state index < -0.39 is 0 Å². The van der Waals surface area contributed by atoms with Crippen LogP contribution in [-0.2, 0) is 22.6 Å². The molecule has 3 rings (SSSR count). The highest BCUT2D eigenvalue weighted by molar-refractivity contribution is 7.99. The van der Waals surface area contributed by atoms with Crippen LogP contribution < -0.4 is 10.6 Å². The minimum Gasteiger partial charge on any atom is -0.326 e. The fourth-order valence-electron chi connectivity index (χ4n) is 2.65. The van der Waals surface area contributed by atoms with E-state index >= 15 is 0 Å². The van der Waals surface area contributed by atoms with Crippen molar-refractivity contribution in [3.05, 3.63) is 76.0 Å². The SMILES string of the molecule is C=CCn1c(CC(=O)Nc2ccc(Cl)cc2)nnc1SCC(=O)Nc1ccc(Cl)c(Cl)c1. The Kier molecular flexibility index (Phi) is 8.58. The predicted octanol–water partition coefficient (Wildman–Crippen LogP) is 5.34. The summed E-state index contributed by atoms with van der Waals surface area (Å²) in [5.74, 6) is 0.0539. The van der Waals surface area contributed by atoms with Crippen LogP contribution in [0, 0.1) is 0 Å². The van der Waals surface area contributed by atoms with Gasteiger partial charge in [-0.1, -0.05) is 52.6 Å². The van der Waals surface area contributed by atoms with Crippen LogP contribution in [0.2, 0.25) is 15.1 Å². The highest BCUT2D eigenvalue weighted by Crippen LogP contribution is 2.25. The van der Waals surface area contributed by atoms with E-state index in [1.54, 1.807) is 53.1 Å². The number of thioether (sulfide) groups is 1. The van der Waals surface area contributed by atoms with E-state index in [9.17, 15) is 9.59 Å². The van der Waals surface area contributed by atoms with Crippen LogP contribution in [0.5, 0.6) is 0 Å². The standard InChI is InChI=1S/C21H18Cl3N5O2S/c1-2-9-29-18(11-19(30)25-14-5-3-13(22)4-6-14)27-28-21(29)32-12-20(31)26-15-7-8-16(23)17(24)10-15/h2-8,10H,1,9,11-12H2,(H,25,30)(H,26,31). The molecule has 0 unspecified atom stereocenters. The molecule has 2 N–H and O–H groups in total. The first-order chi connectivity index (χ1) is 15.4. The fraction of sp³-hybridized carbons (Fsp3) is 0.143. The molecule has 7 nitrogen and oxygen atoms in total. The maximum Gasteiger partial charge on any atom is 0.234 e. The summed E-state index contributed by atoms with van der Waals surface area (Å²) in [4.78, 5) is 24.7. The van der Waals surface area contributed by atoms with Gasteiger partial charge in [-0.05, 0) is 42.5 Å². The van der Waals surface area contributed by atoms with Gasteiger partial charge in [0.05, 0.1) is 22.2 Å². The van der Waals surface area contributed by atoms with E-state index in [4.69, 9.17) is 34.8 Å². The van der Waals surface area contributed by atoms with Gasteiger partial charge >= 0.3 is 0 Å². The van der Waals surface area contributed by atoms with Crippen molar-refractivity contribution < 1.29 is 9.59 Å². The molecule has 0 radical (unpaired) electrons. The third-order valence-corrected chi connectivity index (χ3v) is 6.05. The minimum atomic E-state index is -0.251. The summed E-state index contributed by atoms with van der Waals surface area (Å²) < 4.78 is 1.74. The summed E-state index contributed by atoms with van der Waals surface area (Å²) in [5.41, 5.74) is 1.17. The molecule has 2 aromatic carbocycles. The first-order valence-electron chi connectivity index (χ1n) is 9.32. The molecule has 0 aliphatic rings. The van der Waals surface area contributed by atoms with E-state index in [2.05, 4.69) is 27.4 Å².